The summed E-state index contributed by atoms with van der Waals surface area (Å²) >= 11 is 3.42. The van der Waals surface area contributed by atoms with Crippen molar-refractivity contribution in [2.24, 2.45) is 0 Å². The van der Waals surface area contributed by atoms with Crippen LogP contribution in [0.4, 0.5) is 10.1 Å². The molecule has 0 aromatic heterocycles. The van der Waals surface area contributed by atoms with Gasteiger partial charge in [0.15, 0.2) is 0 Å². The summed E-state index contributed by atoms with van der Waals surface area (Å²) in [6.45, 7) is -0.497. The van der Waals surface area contributed by atoms with Gasteiger partial charge in [-0.05, 0) is 54.3 Å². The Kier molecular flexibility index (Phi) is 9.97. The summed E-state index contributed by atoms with van der Waals surface area (Å²) in [5.41, 5.74) is 1.68. The molecule has 0 unspecified atom stereocenters. The fraction of sp³-hybridized carbons (Fsp3) is 0.333. The monoisotopic (exact) mass is 629 g/mol. The van der Waals surface area contributed by atoms with Crippen molar-refractivity contribution in [3.8, 4) is 0 Å². The summed E-state index contributed by atoms with van der Waals surface area (Å²) in [5.74, 6) is -1.47. The highest BCUT2D eigenvalue weighted by atomic mass is 79.9. The number of nitrogens with zero attached hydrogens (tertiary/aromatic N) is 2. The van der Waals surface area contributed by atoms with Gasteiger partial charge in [-0.15, -0.1) is 0 Å². The second kappa shape index (κ2) is 13.4. The lowest BCUT2D eigenvalue weighted by atomic mass is 10.0. The molecule has 2 amide bonds. The number of sulfonamides is 1. The second-order valence-electron chi connectivity index (χ2n) is 10.1. The zero-order valence-corrected chi connectivity index (χ0v) is 24.7. The van der Waals surface area contributed by atoms with E-state index in [2.05, 4.69) is 21.2 Å². The molecule has 1 aliphatic rings. The van der Waals surface area contributed by atoms with Crippen molar-refractivity contribution in [3.05, 3.63) is 100 Å². The first-order valence-corrected chi connectivity index (χ1v) is 15.9. The van der Waals surface area contributed by atoms with Gasteiger partial charge >= 0.3 is 0 Å². The van der Waals surface area contributed by atoms with E-state index < -0.39 is 34.3 Å². The Morgan fingerprint density at radius 1 is 0.975 bits per heavy atom. The molecule has 0 bridgehead atoms. The van der Waals surface area contributed by atoms with E-state index in [4.69, 9.17) is 0 Å². The number of nitrogens with one attached hydrogen (secondary N) is 1. The first-order chi connectivity index (χ1) is 19.1. The minimum Gasteiger partial charge on any atom is -0.352 e. The van der Waals surface area contributed by atoms with E-state index in [0.29, 0.717) is 0 Å². The number of carbonyl (C=O) groups excluding carboxylic acids is 2. The number of benzene rings is 3. The zero-order chi connectivity index (χ0) is 28.7. The molecule has 0 heterocycles. The minimum absolute atomic E-state index is 0.0365. The maximum atomic E-state index is 14.0. The van der Waals surface area contributed by atoms with Gasteiger partial charge in [-0.25, -0.2) is 12.8 Å². The Bertz CT molecular complexity index is 1410. The topological polar surface area (TPSA) is 86.8 Å². The van der Waals surface area contributed by atoms with Crippen LogP contribution in [0.3, 0.4) is 0 Å². The van der Waals surface area contributed by atoms with Crippen molar-refractivity contribution in [3.63, 3.8) is 0 Å². The average molecular weight is 631 g/mol. The van der Waals surface area contributed by atoms with Crippen LogP contribution in [0.25, 0.3) is 0 Å². The van der Waals surface area contributed by atoms with Gasteiger partial charge in [0.25, 0.3) is 0 Å². The number of carbonyl (C=O) groups is 2. The molecule has 10 heteroatoms. The summed E-state index contributed by atoms with van der Waals surface area (Å²) in [6, 6.07) is 21.0. The van der Waals surface area contributed by atoms with Crippen molar-refractivity contribution in [2.45, 2.75) is 50.7 Å². The SMILES string of the molecule is CS(=O)(=O)N(CC(=O)N(Cc1ccc(Br)cc1)[C@H](Cc1ccccc1)C(=O)NC1CCCC1)c1cccc(F)c1. The molecule has 40 heavy (non-hydrogen) atoms. The maximum absolute atomic E-state index is 14.0. The molecule has 1 saturated carbocycles. The molecular weight excluding hydrogens is 597 g/mol. The van der Waals surface area contributed by atoms with Crippen LogP contribution in [-0.4, -0.2) is 50.0 Å². The normalized spacial score (nSPS) is 14.5. The fourth-order valence-corrected chi connectivity index (χ4v) is 6.06. The zero-order valence-electron chi connectivity index (χ0n) is 22.3. The van der Waals surface area contributed by atoms with Crippen LogP contribution in [0, 0.1) is 5.82 Å². The van der Waals surface area contributed by atoms with Crippen LogP contribution >= 0.6 is 15.9 Å². The molecule has 0 saturated heterocycles. The third-order valence-corrected chi connectivity index (χ3v) is 8.68. The first kappa shape index (κ1) is 29.7. The highest BCUT2D eigenvalue weighted by molar-refractivity contribution is 9.10. The lowest BCUT2D eigenvalue weighted by Crippen LogP contribution is -2.54. The maximum Gasteiger partial charge on any atom is 0.244 e. The lowest BCUT2D eigenvalue weighted by molar-refractivity contribution is -0.140. The molecule has 0 aliphatic heterocycles. The predicted octanol–water partition coefficient (Wildman–Crippen LogP) is 5.05. The van der Waals surface area contributed by atoms with E-state index in [9.17, 15) is 22.4 Å². The Balaban J connectivity index is 1.72. The molecule has 0 radical (unpaired) electrons. The third-order valence-electron chi connectivity index (χ3n) is 7.01. The van der Waals surface area contributed by atoms with Gasteiger partial charge in [-0.1, -0.05) is 77.3 Å². The smallest absolute Gasteiger partial charge is 0.244 e. The van der Waals surface area contributed by atoms with Gasteiger partial charge in [0.1, 0.15) is 18.4 Å². The highest BCUT2D eigenvalue weighted by Gasteiger charge is 2.34. The molecule has 1 atom stereocenters. The van der Waals surface area contributed by atoms with Crippen LogP contribution in [0.1, 0.15) is 36.8 Å². The summed E-state index contributed by atoms with van der Waals surface area (Å²) in [6.07, 6.45) is 5.05. The number of amides is 2. The molecule has 1 fully saturated rings. The summed E-state index contributed by atoms with van der Waals surface area (Å²) in [7, 11) is -3.95. The standard InChI is InChI=1S/C30H33BrFN3O4S/c1-40(38,39)35(27-13-7-10-25(32)19-27)21-29(36)34(20-23-14-16-24(31)17-15-23)28(18-22-8-3-2-4-9-22)30(37)33-26-11-5-6-12-26/h2-4,7-10,13-17,19,26,28H,5-6,11-12,18,20-21H2,1H3,(H,33,37)/t28-/m1/s1. The van der Waals surface area contributed by atoms with Crippen molar-refractivity contribution >= 4 is 43.5 Å². The molecule has 1 N–H and O–H groups in total. The highest BCUT2D eigenvalue weighted by Crippen LogP contribution is 2.23. The number of hydrogen-bond acceptors (Lipinski definition) is 4. The van der Waals surface area contributed by atoms with Crippen LogP contribution in [0.5, 0.6) is 0 Å². The molecule has 4 rings (SSSR count). The van der Waals surface area contributed by atoms with Crippen molar-refractivity contribution in [2.75, 3.05) is 17.1 Å². The molecule has 212 valence electrons. The Hall–Kier alpha value is -3.24. The predicted molar refractivity (Wildman–Crippen MR) is 158 cm³/mol. The average Bonchev–Trinajstić information content (AvgIpc) is 3.43. The summed E-state index contributed by atoms with van der Waals surface area (Å²) < 4.78 is 41.3. The third kappa shape index (κ3) is 8.14. The number of rotatable bonds is 11. The molecule has 7 nitrogen and oxygen atoms in total. The molecule has 3 aromatic carbocycles. The van der Waals surface area contributed by atoms with Crippen LogP contribution in [0.15, 0.2) is 83.3 Å². The van der Waals surface area contributed by atoms with E-state index in [1.54, 1.807) is 0 Å². The quantitative estimate of drug-likeness (QED) is 0.321. The van der Waals surface area contributed by atoms with E-state index in [-0.39, 0.29) is 30.6 Å². The van der Waals surface area contributed by atoms with E-state index >= 15 is 0 Å². The van der Waals surface area contributed by atoms with Gasteiger partial charge in [0.05, 0.1) is 11.9 Å². The Labute approximate surface area is 243 Å². The van der Waals surface area contributed by atoms with Crippen LogP contribution in [-0.2, 0) is 32.6 Å². The van der Waals surface area contributed by atoms with Crippen molar-refractivity contribution in [1.29, 1.82) is 0 Å². The molecule has 0 spiro atoms. The molecule has 1 aliphatic carbocycles. The number of anilines is 1. The second-order valence-corrected chi connectivity index (χ2v) is 12.9. The number of halogens is 2. The summed E-state index contributed by atoms with van der Waals surface area (Å²) in [4.78, 5) is 29.3. The largest absolute Gasteiger partial charge is 0.352 e. The van der Waals surface area contributed by atoms with Gasteiger partial charge in [-0.2, -0.15) is 0 Å². The minimum atomic E-state index is -3.95. The van der Waals surface area contributed by atoms with Gasteiger partial charge in [-0.3, -0.25) is 13.9 Å². The van der Waals surface area contributed by atoms with Gasteiger partial charge in [0, 0.05) is 23.5 Å². The van der Waals surface area contributed by atoms with E-state index in [0.717, 1.165) is 57.9 Å². The molecule has 3 aromatic rings. The fourth-order valence-electron chi connectivity index (χ4n) is 4.95. The molecular formula is C30H33BrFN3O4S. The van der Waals surface area contributed by atoms with Crippen LogP contribution in [0.2, 0.25) is 0 Å². The van der Waals surface area contributed by atoms with Gasteiger partial charge in [0.2, 0.25) is 21.8 Å². The first-order valence-electron chi connectivity index (χ1n) is 13.2. The van der Waals surface area contributed by atoms with Crippen molar-refractivity contribution < 1.29 is 22.4 Å². The lowest BCUT2D eigenvalue weighted by Gasteiger charge is -2.34. The van der Waals surface area contributed by atoms with Crippen LogP contribution < -0.4 is 9.62 Å². The van der Waals surface area contributed by atoms with E-state index in [1.807, 2.05) is 54.6 Å². The summed E-state index contributed by atoms with van der Waals surface area (Å²) in [5, 5.41) is 3.13. The van der Waals surface area contributed by atoms with E-state index in [1.165, 1.54) is 23.1 Å². The van der Waals surface area contributed by atoms with Crippen molar-refractivity contribution in [1.82, 2.24) is 10.2 Å². The Morgan fingerprint density at radius 3 is 2.27 bits per heavy atom. The number of hydrogen-bond donors (Lipinski definition) is 1. The Morgan fingerprint density at radius 2 is 1.65 bits per heavy atom. The van der Waals surface area contributed by atoms with Gasteiger partial charge < -0.3 is 10.2 Å².